The molecule has 0 fully saturated rings. The van der Waals surface area contributed by atoms with Crippen molar-refractivity contribution in [3.63, 3.8) is 0 Å². The molecule has 1 amide bonds. The van der Waals surface area contributed by atoms with Crippen LogP contribution >= 0.6 is 0 Å². The third kappa shape index (κ3) is 4.09. The van der Waals surface area contributed by atoms with Crippen molar-refractivity contribution >= 4 is 17.4 Å². The first-order valence-electron chi connectivity index (χ1n) is 12.3. The van der Waals surface area contributed by atoms with E-state index < -0.39 is 0 Å². The first-order chi connectivity index (χ1) is 17.4. The fourth-order valence-electron chi connectivity index (χ4n) is 5.63. The highest BCUT2D eigenvalue weighted by molar-refractivity contribution is 6.08. The zero-order valence-electron chi connectivity index (χ0n) is 21.2. The van der Waals surface area contributed by atoms with Crippen LogP contribution in [0.1, 0.15) is 53.4 Å². The second-order valence-corrected chi connectivity index (χ2v) is 9.61. The number of ketones is 1. The Morgan fingerprint density at radius 3 is 2.33 bits per heavy atom. The Balaban J connectivity index is 1.70. The third-order valence-corrected chi connectivity index (χ3v) is 7.63. The number of hydrogen-bond donors (Lipinski definition) is 0. The molecule has 3 aromatic carbocycles. The van der Waals surface area contributed by atoms with Crippen LogP contribution < -0.4 is 14.4 Å². The van der Waals surface area contributed by atoms with E-state index in [1.807, 2.05) is 73.3 Å². The molecule has 184 valence electrons. The zero-order chi connectivity index (χ0) is 25.4. The number of aryl methyl sites for hydroxylation is 1. The van der Waals surface area contributed by atoms with Crippen LogP contribution in [-0.2, 0) is 9.59 Å². The normalized spacial score (nSPS) is 19.8. The van der Waals surface area contributed by atoms with Gasteiger partial charge in [-0.05, 0) is 55.0 Å². The van der Waals surface area contributed by atoms with Gasteiger partial charge in [-0.3, -0.25) is 14.5 Å². The Morgan fingerprint density at radius 1 is 0.833 bits per heavy atom. The number of carbonyl (C=O) groups excluding carboxylic acids is 2. The van der Waals surface area contributed by atoms with E-state index in [4.69, 9.17) is 9.47 Å². The molecule has 1 aliphatic carbocycles. The van der Waals surface area contributed by atoms with E-state index in [-0.39, 0.29) is 29.9 Å². The summed E-state index contributed by atoms with van der Waals surface area (Å²) in [5.41, 5.74) is 6.52. The highest BCUT2D eigenvalue weighted by Crippen LogP contribution is 2.49. The molecule has 0 radical (unpaired) electrons. The quantitative estimate of drug-likeness (QED) is 0.433. The number of anilines is 1. The van der Waals surface area contributed by atoms with E-state index in [2.05, 4.69) is 12.1 Å². The van der Waals surface area contributed by atoms with Gasteiger partial charge in [-0.15, -0.1) is 0 Å². The lowest BCUT2D eigenvalue weighted by molar-refractivity contribution is -0.120. The van der Waals surface area contributed by atoms with Crippen molar-refractivity contribution in [2.24, 2.45) is 0 Å². The molecular weight excluding hydrogens is 450 g/mol. The second kappa shape index (κ2) is 9.65. The summed E-state index contributed by atoms with van der Waals surface area (Å²) in [6.45, 7) is 4.09. The average molecular weight is 482 g/mol. The predicted molar refractivity (Wildman–Crippen MR) is 141 cm³/mol. The van der Waals surface area contributed by atoms with Crippen molar-refractivity contribution in [2.45, 2.75) is 44.9 Å². The lowest BCUT2D eigenvalue weighted by Gasteiger charge is -2.41. The van der Waals surface area contributed by atoms with Crippen LogP contribution in [0.3, 0.4) is 0 Å². The van der Waals surface area contributed by atoms with Gasteiger partial charge < -0.3 is 9.47 Å². The number of allylic oxidation sites excluding steroid dienone is 2. The van der Waals surface area contributed by atoms with Crippen molar-refractivity contribution in [2.75, 3.05) is 19.1 Å². The average Bonchev–Trinajstić information content (AvgIpc) is 2.90. The maximum Gasteiger partial charge on any atom is 0.232 e. The predicted octanol–water partition coefficient (Wildman–Crippen LogP) is 6.24. The molecule has 2 unspecified atom stereocenters. The van der Waals surface area contributed by atoms with Gasteiger partial charge in [0, 0.05) is 41.7 Å². The molecule has 1 aliphatic heterocycles. The molecule has 0 bridgehead atoms. The molecular formula is C31H31NO4. The maximum absolute atomic E-state index is 13.9. The Labute approximate surface area is 212 Å². The van der Waals surface area contributed by atoms with Crippen LogP contribution in [0.25, 0.3) is 0 Å². The molecule has 1 heterocycles. The van der Waals surface area contributed by atoms with Crippen molar-refractivity contribution in [3.8, 4) is 11.5 Å². The molecule has 2 aliphatic rings. The van der Waals surface area contributed by atoms with Crippen LogP contribution in [0, 0.1) is 13.8 Å². The fourth-order valence-corrected chi connectivity index (χ4v) is 5.63. The van der Waals surface area contributed by atoms with Crippen LogP contribution in [0.5, 0.6) is 11.5 Å². The Hall–Kier alpha value is -3.86. The minimum atomic E-state index is -0.362. The van der Waals surface area contributed by atoms with Gasteiger partial charge in [-0.2, -0.15) is 0 Å². The molecule has 36 heavy (non-hydrogen) atoms. The molecule has 0 spiro atoms. The number of methoxy groups -OCH3 is 2. The summed E-state index contributed by atoms with van der Waals surface area (Å²) in [5.74, 6) is 1.04. The molecule has 5 heteroatoms. The van der Waals surface area contributed by atoms with Gasteiger partial charge in [0.1, 0.15) is 11.5 Å². The Morgan fingerprint density at radius 2 is 1.61 bits per heavy atom. The first-order valence-corrected chi connectivity index (χ1v) is 12.3. The molecule has 5 rings (SSSR count). The largest absolute Gasteiger partial charge is 0.497 e. The molecule has 3 aromatic rings. The number of ether oxygens (including phenoxy) is 2. The zero-order valence-corrected chi connectivity index (χ0v) is 21.2. The lowest BCUT2D eigenvalue weighted by atomic mass is 9.72. The van der Waals surface area contributed by atoms with Crippen molar-refractivity contribution in [1.29, 1.82) is 0 Å². The summed E-state index contributed by atoms with van der Waals surface area (Å²) in [7, 11) is 3.21. The Bertz CT molecular complexity index is 1360. The van der Waals surface area contributed by atoms with Gasteiger partial charge in [-0.25, -0.2) is 0 Å². The van der Waals surface area contributed by atoms with Crippen LogP contribution in [0.15, 0.2) is 78.0 Å². The molecule has 0 N–H and O–H groups in total. The SMILES string of the molecule is COc1ccc(C2CC(=O)N(c3cccc(C)c3C)C3=C2C(=O)CC(c2ccccc2)C3)c(OC)c1. The minimum Gasteiger partial charge on any atom is -0.497 e. The van der Waals surface area contributed by atoms with Gasteiger partial charge in [0.25, 0.3) is 0 Å². The standard InChI is InChI=1S/C31H31NO4/c1-19-9-8-12-26(20(19)2)32-27-15-22(21-10-6-5-7-11-21)16-28(33)31(27)25(18-30(32)34)24-14-13-23(35-3)17-29(24)36-4/h5-14,17,22,25H,15-16,18H2,1-4H3. The third-order valence-electron chi connectivity index (χ3n) is 7.63. The topological polar surface area (TPSA) is 55.8 Å². The number of Topliss-reactive ketones (excluding diaryl/α,β-unsaturated/α-hetero) is 1. The number of nitrogens with zero attached hydrogens (tertiary/aromatic N) is 1. The summed E-state index contributed by atoms with van der Waals surface area (Å²) in [6.07, 6.45) is 1.25. The Kier molecular flexibility index (Phi) is 6.40. The minimum absolute atomic E-state index is 0.00756. The smallest absolute Gasteiger partial charge is 0.232 e. The molecule has 0 saturated heterocycles. The van der Waals surface area contributed by atoms with Crippen LogP contribution in [-0.4, -0.2) is 25.9 Å². The lowest BCUT2D eigenvalue weighted by Crippen LogP contribution is -2.42. The summed E-state index contributed by atoms with van der Waals surface area (Å²) < 4.78 is 11.1. The van der Waals surface area contributed by atoms with Crippen molar-refractivity contribution in [1.82, 2.24) is 0 Å². The van der Waals surface area contributed by atoms with Gasteiger partial charge in [-0.1, -0.05) is 48.5 Å². The molecule has 5 nitrogen and oxygen atoms in total. The van der Waals surface area contributed by atoms with Crippen molar-refractivity contribution < 1.29 is 19.1 Å². The van der Waals surface area contributed by atoms with E-state index in [0.29, 0.717) is 24.3 Å². The summed E-state index contributed by atoms with van der Waals surface area (Å²) in [6, 6.07) is 21.7. The number of hydrogen-bond acceptors (Lipinski definition) is 4. The second-order valence-electron chi connectivity index (χ2n) is 9.61. The van der Waals surface area contributed by atoms with E-state index >= 15 is 0 Å². The molecule has 0 aromatic heterocycles. The van der Waals surface area contributed by atoms with Gasteiger partial charge >= 0.3 is 0 Å². The van der Waals surface area contributed by atoms with E-state index in [1.54, 1.807) is 14.2 Å². The fraction of sp³-hybridized carbons (Fsp3) is 0.290. The van der Waals surface area contributed by atoms with Crippen LogP contribution in [0.4, 0.5) is 5.69 Å². The number of carbonyl (C=O) groups is 2. The van der Waals surface area contributed by atoms with E-state index in [9.17, 15) is 9.59 Å². The number of rotatable bonds is 5. The summed E-state index contributed by atoms with van der Waals surface area (Å²) >= 11 is 0. The van der Waals surface area contributed by atoms with Gasteiger partial charge in [0.05, 0.1) is 19.9 Å². The van der Waals surface area contributed by atoms with Gasteiger partial charge in [0.15, 0.2) is 5.78 Å². The summed E-state index contributed by atoms with van der Waals surface area (Å²) in [5, 5.41) is 0. The first kappa shape index (κ1) is 23.9. The van der Waals surface area contributed by atoms with E-state index in [0.717, 1.165) is 39.2 Å². The molecule has 2 atom stereocenters. The number of amides is 1. The number of benzene rings is 3. The van der Waals surface area contributed by atoms with Crippen LogP contribution in [0.2, 0.25) is 0 Å². The highest BCUT2D eigenvalue weighted by atomic mass is 16.5. The monoisotopic (exact) mass is 481 g/mol. The summed E-state index contributed by atoms with van der Waals surface area (Å²) in [4.78, 5) is 29.6. The maximum atomic E-state index is 13.9. The molecule has 0 saturated carbocycles. The van der Waals surface area contributed by atoms with Crippen molar-refractivity contribution in [3.05, 3.63) is 100 Å². The van der Waals surface area contributed by atoms with Gasteiger partial charge in [0.2, 0.25) is 5.91 Å². The highest BCUT2D eigenvalue weighted by Gasteiger charge is 2.43. The van der Waals surface area contributed by atoms with E-state index in [1.165, 1.54) is 0 Å².